The Morgan fingerprint density at radius 3 is 1.33 bits per heavy atom. The molecule has 7 N–H and O–H groups in total. The molecule has 10 atom stereocenters. The fraction of sp³-hybridized carbons (Fsp3) is 0.815. The van der Waals surface area contributed by atoms with Gasteiger partial charge in [0.15, 0.2) is 36.6 Å². The average Bonchev–Trinajstić information content (AvgIpc) is 1.51. The zero-order chi connectivity index (χ0) is 63.5. The van der Waals surface area contributed by atoms with Crippen molar-refractivity contribution in [3.05, 3.63) is 46.5 Å². The van der Waals surface area contributed by atoms with Crippen LogP contribution >= 0.6 is 0 Å². The molecule has 12 rings (SSSR count). The summed E-state index contributed by atoms with van der Waals surface area (Å²) >= 11 is 0. The molecule has 0 radical (unpaired) electrons. The monoisotopic (exact) mass is 1270 g/mol. The number of hydrogen-bond acceptors (Lipinski definition) is 22. The van der Waals surface area contributed by atoms with Gasteiger partial charge in [0.1, 0.15) is 12.2 Å². The van der Waals surface area contributed by atoms with Gasteiger partial charge in [0.05, 0.1) is 100.0 Å². The molecule has 88 heavy (non-hydrogen) atoms. The summed E-state index contributed by atoms with van der Waals surface area (Å²) in [6.07, 6.45) is 17.3. The third kappa shape index (κ3) is 15.4. The first kappa shape index (κ1) is 72.4. The SMILES string of the molecule is CCCO.CCCOC1CC[C@@]2(O)[C@H]3Cc4ccc(OCOCCOC)c5c4[C@@]2(CCN3CC2CCC2)C1O5.CCCOS(C)(=O)=O.CO.COCCOCOc1ccc2c3c1OC1C(OCCO)CC[C@@]4(O)[C@@H](C2)N(CC2CCC2)CC[C@]314.OCCO. The molecule has 2 aromatic carbocycles. The third-order valence-corrected chi connectivity index (χ3v) is 20.3. The third-order valence-electron chi connectivity index (χ3n) is 19.7. The van der Waals surface area contributed by atoms with Crippen LogP contribution in [0.15, 0.2) is 24.3 Å². The number of likely N-dealkylation sites (tertiary alicyclic amines) is 2. The van der Waals surface area contributed by atoms with E-state index in [1.54, 1.807) is 14.2 Å². The minimum Gasteiger partial charge on any atom is -0.482 e. The van der Waals surface area contributed by atoms with Gasteiger partial charge in [-0.05, 0) is 144 Å². The zero-order valence-electron chi connectivity index (χ0n) is 53.7. The van der Waals surface area contributed by atoms with Crippen LogP contribution < -0.4 is 18.9 Å². The van der Waals surface area contributed by atoms with Crippen LogP contribution in [0.2, 0.25) is 0 Å². The van der Waals surface area contributed by atoms with Crippen LogP contribution in [0.5, 0.6) is 23.0 Å². The lowest BCUT2D eigenvalue weighted by molar-refractivity contribution is -0.217. The molecule has 504 valence electrons. The van der Waals surface area contributed by atoms with Crippen molar-refractivity contribution < 1.29 is 95.7 Å². The topological polar surface area (TPSA) is 284 Å². The van der Waals surface area contributed by atoms with Crippen molar-refractivity contribution >= 4 is 10.1 Å². The summed E-state index contributed by atoms with van der Waals surface area (Å²) in [6, 6.07) is 8.60. The highest BCUT2D eigenvalue weighted by molar-refractivity contribution is 7.85. The van der Waals surface area contributed by atoms with Crippen LogP contribution in [0.4, 0.5) is 0 Å². The van der Waals surface area contributed by atoms with E-state index in [4.69, 9.17) is 67.8 Å². The van der Waals surface area contributed by atoms with Crippen molar-refractivity contribution in [1.82, 2.24) is 9.80 Å². The molecule has 6 aliphatic carbocycles. The van der Waals surface area contributed by atoms with E-state index >= 15 is 0 Å². The predicted molar refractivity (Wildman–Crippen MR) is 330 cm³/mol. The van der Waals surface area contributed by atoms with Crippen LogP contribution in [0.3, 0.4) is 0 Å². The van der Waals surface area contributed by atoms with E-state index in [0.29, 0.717) is 57.6 Å². The van der Waals surface area contributed by atoms with Crippen LogP contribution in [-0.2, 0) is 66.4 Å². The molecule has 4 heterocycles. The molecule has 2 saturated heterocycles. The number of aliphatic hydroxyl groups is 7. The second-order valence-corrected chi connectivity index (χ2v) is 26.5. The van der Waals surface area contributed by atoms with Crippen LogP contribution in [-0.4, -0.2) is 242 Å². The second kappa shape index (κ2) is 34.2. The first-order valence-electron chi connectivity index (χ1n) is 32.6. The second-order valence-electron chi connectivity index (χ2n) is 24.9. The Bertz CT molecular complexity index is 2370. The highest BCUT2D eigenvalue weighted by atomic mass is 32.2. The van der Waals surface area contributed by atoms with Gasteiger partial charge >= 0.3 is 0 Å². The van der Waals surface area contributed by atoms with E-state index in [-0.39, 0.29) is 76.5 Å². The Hall–Kier alpha value is -3.05. The fourth-order valence-corrected chi connectivity index (χ4v) is 16.0. The highest BCUT2D eigenvalue weighted by Crippen LogP contribution is 2.68. The Morgan fingerprint density at radius 2 is 0.989 bits per heavy atom. The van der Waals surface area contributed by atoms with Gasteiger partial charge in [0, 0.05) is 70.8 Å². The molecule has 2 aromatic rings. The molecular weight excluding hydrogens is 1160 g/mol. The molecule has 23 heteroatoms. The van der Waals surface area contributed by atoms with Crippen molar-refractivity contribution in [3.63, 3.8) is 0 Å². The summed E-state index contributed by atoms with van der Waals surface area (Å²) in [7, 11) is 1.12. The van der Waals surface area contributed by atoms with Crippen LogP contribution in [0.1, 0.15) is 139 Å². The Morgan fingerprint density at radius 1 is 0.557 bits per heavy atom. The van der Waals surface area contributed by atoms with Gasteiger partial charge in [-0.1, -0.05) is 45.7 Å². The van der Waals surface area contributed by atoms with Gasteiger partial charge in [-0.25, -0.2) is 0 Å². The maximum atomic E-state index is 12.6. The summed E-state index contributed by atoms with van der Waals surface area (Å²) in [6.45, 7) is 13.7. The average molecular weight is 1270 g/mol. The molecule has 4 bridgehead atoms. The number of hydrogen-bond donors (Lipinski definition) is 7. The Kier molecular flexibility index (Phi) is 28.1. The molecule has 0 amide bonds. The molecule has 4 unspecified atom stereocenters. The van der Waals surface area contributed by atoms with Crippen molar-refractivity contribution in [2.24, 2.45) is 11.8 Å². The van der Waals surface area contributed by atoms with Gasteiger partial charge in [-0.15, -0.1) is 0 Å². The summed E-state index contributed by atoms with van der Waals surface area (Å²) in [5.74, 6) is 4.46. The maximum absolute atomic E-state index is 12.6. The Balaban J connectivity index is 0.000000197. The quantitative estimate of drug-likeness (QED) is 0.0360. The summed E-state index contributed by atoms with van der Waals surface area (Å²) in [5.41, 5.74) is 2.22. The Labute approximate surface area is 523 Å². The summed E-state index contributed by atoms with van der Waals surface area (Å²) in [4.78, 5) is 5.20. The molecular formula is C65H108N2O20S. The molecule has 10 aliphatic rings. The first-order chi connectivity index (χ1) is 42.6. The number of aliphatic hydroxyl groups excluding tert-OH is 5. The molecule has 22 nitrogen and oxygen atoms in total. The first-order valence-corrected chi connectivity index (χ1v) is 34.4. The van der Waals surface area contributed by atoms with Crippen molar-refractivity contribution in [1.29, 1.82) is 0 Å². The fourth-order valence-electron chi connectivity index (χ4n) is 15.5. The molecule has 4 saturated carbocycles. The summed E-state index contributed by atoms with van der Waals surface area (Å²) in [5, 5.41) is 64.8. The largest absolute Gasteiger partial charge is 0.482 e. The molecule has 0 aromatic heterocycles. The number of piperidine rings is 2. The van der Waals surface area contributed by atoms with E-state index in [1.165, 1.54) is 55.2 Å². The van der Waals surface area contributed by atoms with E-state index in [2.05, 4.69) is 33.0 Å². The maximum Gasteiger partial charge on any atom is 0.264 e. The van der Waals surface area contributed by atoms with Gasteiger partial charge in [-0.3, -0.25) is 14.0 Å². The summed E-state index contributed by atoms with van der Waals surface area (Å²) < 4.78 is 84.0. The minimum atomic E-state index is -3.19. The van der Waals surface area contributed by atoms with E-state index in [1.807, 2.05) is 26.0 Å². The van der Waals surface area contributed by atoms with Crippen molar-refractivity contribution in [2.45, 2.75) is 188 Å². The lowest BCUT2D eigenvalue weighted by Crippen LogP contribution is -2.77. The number of nitrogens with zero attached hydrogens (tertiary/aromatic N) is 2. The number of methoxy groups -OCH3 is 2. The normalized spacial score (nSPS) is 29.9. The van der Waals surface area contributed by atoms with E-state index < -0.39 is 32.2 Å². The van der Waals surface area contributed by atoms with Crippen LogP contribution in [0, 0.1) is 11.8 Å². The molecule has 2 spiro atoms. The minimum absolute atomic E-state index is 0.0155. The standard InChI is InChI=1S/C28H41NO6.C27H39NO7.C4H10O3S.C3H8O.C2H6O2.CH4O/c1-3-13-33-22-9-10-28(30)23-16-20-7-8-21(34-18-32-15-14-31-2)25-24(20)27(28,26(22)35-25)11-12-29(23)17-19-5-4-6-19;1-31-13-14-32-17-34-20-6-5-19-15-22-27(30)8-7-21(33-12-11-29)25-26(27,23(19)24(20)35-25)9-10-28(22)16-18-3-2-4-18;1-3-4-7-8(2,5)6;1-2-3-4;3-1-2-4;1-2/h7-8,19,22-23,26,30H,3-6,9-18H2,1-2H3;5-6,18,21-22,25,29-30H,2-4,7-17H2,1H3;3-4H2,1-2H3;4H,2-3H2,1H3;3-4H,1-2H2;2H,1H3/t22?,23-,26?,27+,28-;21?,22-,25?,26+,27-;;;;/m11..../s1. The number of benzene rings is 2. The number of ether oxygens (including phenoxy) is 10. The van der Waals surface area contributed by atoms with E-state index in [9.17, 15) is 23.7 Å². The predicted octanol–water partition coefficient (Wildman–Crippen LogP) is 4.79. The van der Waals surface area contributed by atoms with E-state index in [0.717, 1.165) is 139 Å². The molecule has 6 fully saturated rings. The van der Waals surface area contributed by atoms with Gasteiger partial charge in [0.2, 0.25) is 0 Å². The lowest BCUT2D eigenvalue weighted by atomic mass is 9.48. The smallest absolute Gasteiger partial charge is 0.264 e. The lowest BCUT2D eigenvalue weighted by Gasteiger charge is -2.64. The highest BCUT2D eigenvalue weighted by Gasteiger charge is 2.75. The van der Waals surface area contributed by atoms with Crippen molar-refractivity contribution in [3.8, 4) is 23.0 Å². The van der Waals surface area contributed by atoms with Gasteiger partial charge < -0.3 is 83.1 Å². The molecule has 4 aliphatic heterocycles. The van der Waals surface area contributed by atoms with Gasteiger partial charge in [0.25, 0.3) is 10.1 Å². The number of rotatable bonds is 27. The van der Waals surface area contributed by atoms with Gasteiger partial charge in [-0.2, -0.15) is 8.42 Å². The van der Waals surface area contributed by atoms with Crippen LogP contribution in [0.25, 0.3) is 0 Å². The van der Waals surface area contributed by atoms with Crippen molar-refractivity contribution in [2.75, 3.05) is 140 Å². The zero-order valence-corrected chi connectivity index (χ0v) is 54.5.